The minimum Gasteiger partial charge on any atom is -0.399 e. The van der Waals surface area contributed by atoms with Crippen molar-refractivity contribution in [3.05, 3.63) is 54.1 Å². The highest BCUT2D eigenvalue weighted by atomic mass is 32.2. The van der Waals surface area contributed by atoms with E-state index in [1.807, 2.05) is 6.07 Å². The summed E-state index contributed by atoms with van der Waals surface area (Å²) >= 11 is 0. The summed E-state index contributed by atoms with van der Waals surface area (Å²) in [6.07, 6.45) is -1.37. The number of aliphatic hydroxyl groups is 1. The third-order valence-electron chi connectivity index (χ3n) is 4.26. The second-order valence-corrected chi connectivity index (χ2v) is 10.2. The van der Waals surface area contributed by atoms with E-state index in [1.54, 1.807) is 0 Å². The zero-order valence-electron chi connectivity index (χ0n) is 14.1. The van der Waals surface area contributed by atoms with Crippen molar-refractivity contribution in [3.63, 3.8) is 0 Å². The predicted octanol–water partition coefficient (Wildman–Crippen LogP) is 0.494. The van der Waals surface area contributed by atoms with Crippen LogP contribution in [0.15, 0.2) is 53.4 Å². The van der Waals surface area contributed by atoms with Crippen LogP contribution >= 0.6 is 0 Å². The zero-order valence-corrected chi connectivity index (χ0v) is 15.7. The molecule has 0 saturated carbocycles. The minimum absolute atomic E-state index is 0.146. The molecule has 0 radical (unpaired) electrons. The minimum atomic E-state index is -4.25. The molecule has 0 unspecified atom stereocenters. The quantitative estimate of drug-likeness (QED) is 0.703. The number of sulfonamides is 1. The SMILES string of the molecule is N#Cc1cccc(S(=O)(=O)N(c2ccc(N)cc2)[C@@H]2CS(=O)(=O)C[C@H]2O)c1. The Kier molecular flexibility index (Phi) is 4.86. The highest BCUT2D eigenvalue weighted by molar-refractivity contribution is 7.93. The number of anilines is 2. The first-order valence-electron chi connectivity index (χ1n) is 7.93. The highest BCUT2D eigenvalue weighted by Crippen LogP contribution is 2.31. The van der Waals surface area contributed by atoms with Crippen LogP contribution < -0.4 is 10.0 Å². The number of sulfone groups is 1. The molecule has 0 spiro atoms. The van der Waals surface area contributed by atoms with Crippen LogP contribution in [0.1, 0.15) is 5.56 Å². The second kappa shape index (κ2) is 6.84. The van der Waals surface area contributed by atoms with Gasteiger partial charge in [-0.25, -0.2) is 16.8 Å². The normalized spacial score (nSPS) is 21.5. The Labute approximate surface area is 157 Å². The molecule has 10 heteroatoms. The van der Waals surface area contributed by atoms with E-state index < -0.39 is 43.5 Å². The molecule has 2 aromatic rings. The zero-order chi connectivity index (χ0) is 19.8. The van der Waals surface area contributed by atoms with Crippen LogP contribution in [0.3, 0.4) is 0 Å². The summed E-state index contributed by atoms with van der Waals surface area (Å²) in [5, 5.41) is 19.3. The Bertz CT molecular complexity index is 1110. The fourth-order valence-corrected chi connectivity index (χ4v) is 6.59. The van der Waals surface area contributed by atoms with Crippen molar-refractivity contribution in [1.29, 1.82) is 5.26 Å². The third-order valence-corrected chi connectivity index (χ3v) is 7.81. The number of nitrogen functional groups attached to an aromatic ring is 1. The summed E-state index contributed by atoms with van der Waals surface area (Å²) in [4.78, 5) is -0.171. The van der Waals surface area contributed by atoms with Gasteiger partial charge in [-0.2, -0.15) is 5.26 Å². The summed E-state index contributed by atoms with van der Waals surface area (Å²) in [5.41, 5.74) is 6.38. The number of benzene rings is 2. The maximum atomic E-state index is 13.3. The monoisotopic (exact) mass is 407 g/mol. The van der Waals surface area contributed by atoms with Gasteiger partial charge in [-0.15, -0.1) is 0 Å². The van der Waals surface area contributed by atoms with Crippen molar-refractivity contribution < 1.29 is 21.9 Å². The van der Waals surface area contributed by atoms with Crippen molar-refractivity contribution >= 4 is 31.2 Å². The van der Waals surface area contributed by atoms with Crippen LogP contribution in [0.5, 0.6) is 0 Å². The van der Waals surface area contributed by atoms with Gasteiger partial charge in [0, 0.05) is 5.69 Å². The molecule has 1 heterocycles. The van der Waals surface area contributed by atoms with Crippen LogP contribution in [-0.2, 0) is 19.9 Å². The lowest BCUT2D eigenvalue weighted by Crippen LogP contribution is -2.47. The lowest BCUT2D eigenvalue weighted by molar-refractivity contribution is 0.184. The Morgan fingerprint density at radius 1 is 1.15 bits per heavy atom. The molecule has 1 aliphatic rings. The molecule has 2 atom stereocenters. The topological polar surface area (TPSA) is 142 Å². The van der Waals surface area contributed by atoms with Crippen molar-refractivity contribution in [2.45, 2.75) is 17.0 Å². The number of nitriles is 1. The summed E-state index contributed by atoms with van der Waals surface area (Å²) in [7, 11) is -7.84. The Morgan fingerprint density at radius 3 is 2.37 bits per heavy atom. The second-order valence-electron chi connectivity index (χ2n) is 6.24. The van der Waals surface area contributed by atoms with Gasteiger partial charge in [0.1, 0.15) is 0 Å². The molecule has 1 saturated heterocycles. The largest absolute Gasteiger partial charge is 0.399 e. The van der Waals surface area contributed by atoms with Crippen LogP contribution in [0.25, 0.3) is 0 Å². The van der Waals surface area contributed by atoms with Gasteiger partial charge >= 0.3 is 0 Å². The summed E-state index contributed by atoms with van der Waals surface area (Å²) in [6.45, 7) is 0. The number of nitrogens with two attached hydrogens (primary N) is 1. The molecule has 142 valence electrons. The number of hydrogen-bond acceptors (Lipinski definition) is 7. The van der Waals surface area contributed by atoms with Gasteiger partial charge in [0.15, 0.2) is 9.84 Å². The van der Waals surface area contributed by atoms with Gasteiger partial charge in [0.25, 0.3) is 10.0 Å². The maximum absolute atomic E-state index is 13.3. The lowest BCUT2D eigenvalue weighted by atomic mass is 10.2. The van der Waals surface area contributed by atoms with E-state index in [-0.39, 0.29) is 16.1 Å². The van der Waals surface area contributed by atoms with Gasteiger partial charge in [-0.3, -0.25) is 4.31 Å². The Balaban J connectivity index is 2.17. The van der Waals surface area contributed by atoms with Crippen LogP contribution in [-0.4, -0.2) is 45.6 Å². The van der Waals surface area contributed by atoms with E-state index in [0.29, 0.717) is 5.69 Å². The van der Waals surface area contributed by atoms with Crippen molar-refractivity contribution in [2.75, 3.05) is 21.5 Å². The van der Waals surface area contributed by atoms with E-state index in [2.05, 4.69) is 0 Å². The van der Waals surface area contributed by atoms with Gasteiger partial charge in [-0.1, -0.05) is 6.07 Å². The highest BCUT2D eigenvalue weighted by Gasteiger charge is 2.45. The van der Waals surface area contributed by atoms with Gasteiger partial charge in [0.05, 0.1) is 45.9 Å². The van der Waals surface area contributed by atoms with Crippen molar-refractivity contribution in [3.8, 4) is 6.07 Å². The molecule has 27 heavy (non-hydrogen) atoms. The molecule has 0 bridgehead atoms. The van der Waals surface area contributed by atoms with Gasteiger partial charge in [-0.05, 0) is 42.5 Å². The number of rotatable bonds is 4. The first-order chi connectivity index (χ1) is 12.6. The van der Waals surface area contributed by atoms with E-state index in [4.69, 9.17) is 11.0 Å². The predicted molar refractivity (Wildman–Crippen MR) is 100 cm³/mol. The number of aliphatic hydroxyl groups excluding tert-OH is 1. The molecule has 3 rings (SSSR count). The Morgan fingerprint density at radius 2 is 1.81 bits per heavy atom. The maximum Gasteiger partial charge on any atom is 0.264 e. The molecule has 0 amide bonds. The molecule has 0 aromatic heterocycles. The van der Waals surface area contributed by atoms with E-state index >= 15 is 0 Å². The Hall–Kier alpha value is -2.61. The summed E-state index contributed by atoms with van der Waals surface area (Å²) in [6, 6.07) is 11.9. The standard InChI is InChI=1S/C17H17N3O5S2/c18-9-12-2-1-3-15(8-12)27(24,25)20(14-6-4-13(19)5-7-14)16-10-26(22,23)11-17(16)21/h1-8,16-17,21H,10-11,19H2/t16-,17-/m1/s1. The summed E-state index contributed by atoms with van der Waals surface area (Å²) < 4.78 is 51.4. The van der Waals surface area contributed by atoms with Crippen molar-refractivity contribution in [2.24, 2.45) is 0 Å². The average molecular weight is 407 g/mol. The summed E-state index contributed by atoms with van der Waals surface area (Å²) in [5.74, 6) is -1.02. The van der Waals surface area contributed by atoms with Crippen LogP contribution in [0.2, 0.25) is 0 Å². The van der Waals surface area contributed by atoms with E-state index in [0.717, 1.165) is 4.31 Å². The molecule has 2 aromatic carbocycles. The van der Waals surface area contributed by atoms with Gasteiger partial charge < -0.3 is 10.8 Å². The molecule has 1 fully saturated rings. The van der Waals surface area contributed by atoms with E-state index in [9.17, 15) is 21.9 Å². The van der Waals surface area contributed by atoms with Crippen LogP contribution in [0, 0.1) is 11.3 Å². The molecule has 3 N–H and O–H groups in total. The third kappa shape index (κ3) is 3.75. The molecule has 8 nitrogen and oxygen atoms in total. The number of hydrogen-bond donors (Lipinski definition) is 2. The fraction of sp³-hybridized carbons (Fsp3) is 0.235. The molecule has 0 aliphatic carbocycles. The van der Waals surface area contributed by atoms with Crippen LogP contribution in [0.4, 0.5) is 11.4 Å². The van der Waals surface area contributed by atoms with Gasteiger partial charge in [0.2, 0.25) is 0 Å². The first kappa shape index (κ1) is 19.2. The fourth-order valence-electron chi connectivity index (χ4n) is 3.00. The number of nitrogens with zero attached hydrogens (tertiary/aromatic N) is 2. The van der Waals surface area contributed by atoms with E-state index in [1.165, 1.54) is 48.5 Å². The molecule has 1 aliphatic heterocycles. The lowest BCUT2D eigenvalue weighted by Gasteiger charge is -2.31. The first-order valence-corrected chi connectivity index (χ1v) is 11.2. The van der Waals surface area contributed by atoms with Crippen molar-refractivity contribution in [1.82, 2.24) is 0 Å². The smallest absolute Gasteiger partial charge is 0.264 e. The average Bonchev–Trinajstić information content (AvgIpc) is 2.89. The molecular formula is C17H17N3O5S2. The molecular weight excluding hydrogens is 390 g/mol.